The van der Waals surface area contributed by atoms with Crippen LogP contribution in [0, 0.1) is 0 Å². The lowest BCUT2D eigenvalue weighted by molar-refractivity contribution is 0.235. The van der Waals surface area contributed by atoms with E-state index in [1.807, 2.05) is 0 Å². The van der Waals surface area contributed by atoms with Crippen LogP contribution in [-0.4, -0.2) is 40.2 Å². The number of hydrogen-bond donors (Lipinski definition) is 0. The molecule has 1 aliphatic heterocycles. The Morgan fingerprint density at radius 3 is 2.63 bits per heavy atom. The SMILES string of the molecule is COc1ccc(OC)c(S(=O)(=O)O[C@@H]2CCSC2)c1. The van der Waals surface area contributed by atoms with E-state index in [0.717, 1.165) is 12.2 Å². The van der Waals surface area contributed by atoms with Crippen LogP contribution in [0.4, 0.5) is 0 Å². The quantitative estimate of drug-likeness (QED) is 0.775. The van der Waals surface area contributed by atoms with E-state index in [2.05, 4.69) is 0 Å². The monoisotopic (exact) mass is 304 g/mol. The highest BCUT2D eigenvalue weighted by Crippen LogP contribution is 2.32. The summed E-state index contributed by atoms with van der Waals surface area (Å²) in [6.07, 6.45) is 0.488. The molecule has 2 rings (SSSR count). The summed E-state index contributed by atoms with van der Waals surface area (Å²) in [5.41, 5.74) is 0. The molecule has 0 bridgehead atoms. The van der Waals surface area contributed by atoms with Crippen molar-refractivity contribution in [3.8, 4) is 11.5 Å². The van der Waals surface area contributed by atoms with Gasteiger partial charge in [-0.15, -0.1) is 0 Å². The largest absolute Gasteiger partial charge is 0.497 e. The first kappa shape index (κ1) is 14.5. The van der Waals surface area contributed by atoms with Gasteiger partial charge in [-0.1, -0.05) is 0 Å². The number of methoxy groups -OCH3 is 2. The molecule has 0 amide bonds. The normalized spacial score (nSPS) is 19.4. The van der Waals surface area contributed by atoms with Crippen molar-refractivity contribution in [1.29, 1.82) is 0 Å². The second-order valence-electron chi connectivity index (χ2n) is 4.05. The highest BCUT2D eigenvalue weighted by Gasteiger charge is 2.28. The highest BCUT2D eigenvalue weighted by atomic mass is 32.2. The number of ether oxygens (including phenoxy) is 2. The van der Waals surface area contributed by atoms with E-state index in [1.54, 1.807) is 23.9 Å². The summed E-state index contributed by atoms with van der Waals surface area (Å²) in [6.45, 7) is 0. The molecule has 7 heteroatoms. The second-order valence-corrected chi connectivity index (χ2v) is 6.74. The third kappa shape index (κ3) is 3.34. The molecule has 0 saturated carbocycles. The van der Waals surface area contributed by atoms with E-state index in [0.29, 0.717) is 11.5 Å². The summed E-state index contributed by atoms with van der Waals surface area (Å²) in [6, 6.07) is 4.61. The molecule has 19 heavy (non-hydrogen) atoms. The van der Waals surface area contributed by atoms with Crippen molar-refractivity contribution in [2.24, 2.45) is 0 Å². The molecule has 0 unspecified atom stereocenters. The topological polar surface area (TPSA) is 61.8 Å². The first-order valence-corrected chi connectivity index (χ1v) is 8.36. The van der Waals surface area contributed by atoms with Crippen LogP contribution >= 0.6 is 11.8 Å². The van der Waals surface area contributed by atoms with Gasteiger partial charge in [-0.2, -0.15) is 20.2 Å². The minimum absolute atomic E-state index is 0.00579. The van der Waals surface area contributed by atoms with Crippen molar-refractivity contribution in [3.05, 3.63) is 18.2 Å². The number of thioether (sulfide) groups is 1. The molecule has 1 fully saturated rings. The first-order valence-electron chi connectivity index (χ1n) is 5.80. The maximum atomic E-state index is 12.3. The summed E-state index contributed by atoms with van der Waals surface area (Å²) in [5.74, 6) is 2.33. The van der Waals surface area contributed by atoms with Crippen molar-refractivity contribution in [3.63, 3.8) is 0 Å². The van der Waals surface area contributed by atoms with Gasteiger partial charge in [0, 0.05) is 11.8 Å². The molecule has 106 valence electrons. The number of hydrogen-bond acceptors (Lipinski definition) is 6. The number of rotatable bonds is 5. The maximum Gasteiger partial charge on any atom is 0.301 e. The molecule has 1 aromatic rings. The molecule has 0 spiro atoms. The van der Waals surface area contributed by atoms with E-state index >= 15 is 0 Å². The van der Waals surface area contributed by atoms with E-state index in [4.69, 9.17) is 13.7 Å². The molecule has 0 aromatic heterocycles. The van der Waals surface area contributed by atoms with Crippen LogP contribution in [-0.2, 0) is 14.3 Å². The van der Waals surface area contributed by atoms with E-state index < -0.39 is 10.1 Å². The van der Waals surface area contributed by atoms with Crippen LogP contribution in [0.3, 0.4) is 0 Å². The van der Waals surface area contributed by atoms with E-state index in [-0.39, 0.29) is 16.7 Å². The predicted molar refractivity (Wildman–Crippen MR) is 73.5 cm³/mol. The Labute approximate surface area is 117 Å². The molecule has 1 atom stereocenters. The Bertz CT molecular complexity index is 535. The standard InChI is InChI=1S/C12H16O5S2/c1-15-9-3-4-11(16-2)12(7-9)19(13,14)17-10-5-6-18-8-10/h3-4,7,10H,5-6,8H2,1-2H3/t10-/m1/s1. The number of benzene rings is 1. The fraction of sp³-hybridized carbons (Fsp3) is 0.500. The van der Waals surface area contributed by atoms with Crippen molar-refractivity contribution < 1.29 is 22.1 Å². The Morgan fingerprint density at radius 2 is 2.05 bits per heavy atom. The van der Waals surface area contributed by atoms with Crippen LogP contribution in [0.25, 0.3) is 0 Å². The van der Waals surface area contributed by atoms with Crippen molar-refractivity contribution >= 4 is 21.9 Å². The molecular weight excluding hydrogens is 288 g/mol. The summed E-state index contributed by atoms with van der Waals surface area (Å²) < 4.78 is 39.9. The Hall–Kier alpha value is -0.920. The zero-order chi connectivity index (χ0) is 13.9. The zero-order valence-corrected chi connectivity index (χ0v) is 12.4. The van der Waals surface area contributed by atoms with Gasteiger partial charge < -0.3 is 9.47 Å². The van der Waals surface area contributed by atoms with Gasteiger partial charge in [0.1, 0.15) is 16.4 Å². The predicted octanol–water partition coefficient (Wildman–Crippen LogP) is 1.91. The minimum atomic E-state index is -3.84. The van der Waals surface area contributed by atoms with Gasteiger partial charge in [0.15, 0.2) is 0 Å². The average Bonchev–Trinajstić information content (AvgIpc) is 2.90. The van der Waals surface area contributed by atoms with Crippen molar-refractivity contribution in [2.75, 3.05) is 25.7 Å². The lowest BCUT2D eigenvalue weighted by atomic mass is 10.3. The third-order valence-corrected chi connectivity index (χ3v) is 5.31. The Morgan fingerprint density at radius 1 is 1.26 bits per heavy atom. The summed E-state index contributed by atoms with van der Waals surface area (Å²) in [4.78, 5) is 0.00579. The maximum absolute atomic E-state index is 12.3. The lowest BCUT2D eigenvalue weighted by Crippen LogP contribution is -2.18. The molecule has 1 saturated heterocycles. The van der Waals surface area contributed by atoms with Gasteiger partial charge in [0.2, 0.25) is 0 Å². The van der Waals surface area contributed by atoms with Crippen LogP contribution < -0.4 is 9.47 Å². The van der Waals surface area contributed by atoms with Gasteiger partial charge in [-0.3, -0.25) is 4.18 Å². The lowest BCUT2D eigenvalue weighted by Gasteiger charge is -2.14. The Balaban J connectivity index is 2.32. The fourth-order valence-corrected chi connectivity index (χ4v) is 4.26. The smallest absolute Gasteiger partial charge is 0.301 e. The molecule has 0 aliphatic carbocycles. The van der Waals surface area contributed by atoms with E-state index in [9.17, 15) is 8.42 Å². The van der Waals surface area contributed by atoms with Crippen LogP contribution in [0.1, 0.15) is 6.42 Å². The molecule has 1 heterocycles. The molecule has 5 nitrogen and oxygen atoms in total. The fourth-order valence-electron chi connectivity index (χ4n) is 1.80. The molecular formula is C12H16O5S2. The van der Waals surface area contributed by atoms with Crippen LogP contribution in [0.15, 0.2) is 23.1 Å². The zero-order valence-electron chi connectivity index (χ0n) is 10.8. The van der Waals surface area contributed by atoms with Gasteiger partial charge in [0.05, 0.1) is 20.3 Å². The minimum Gasteiger partial charge on any atom is -0.497 e. The van der Waals surface area contributed by atoms with Crippen LogP contribution in [0.5, 0.6) is 11.5 Å². The third-order valence-electron chi connectivity index (χ3n) is 2.79. The van der Waals surface area contributed by atoms with Crippen molar-refractivity contribution in [1.82, 2.24) is 0 Å². The second kappa shape index (κ2) is 6.02. The average molecular weight is 304 g/mol. The molecule has 1 aliphatic rings. The molecule has 1 aromatic carbocycles. The summed E-state index contributed by atoms with van der Waals surface area (Å²) >= 11 is 1.69. The van der Waals surface area contributed by atoms with Gasteiger partial charge in [0.25, 0.3) is 0 Å². The van der Waals surface area contributed by atoms with Gasteiger partial charge >= 0.3 is 10.1 Å². The van der Waals surface area contributed by atoms with Gasteiger partial charge in [-0.05, 0) is 24.3 Å². The Kier molecular flexibility index (Phi) is 4.59. The van der Waals surface area contributed by atoms with Gasteiger partial charge in [-0.25, -0.2) is 0 Å². The van der Waals surface area contributed by atoms with Crippen LogP contribution in [0.2, 0.25) is 0 Å². The molecule has 0 radical (unpaired) electrons. The van der Waals surface area contributed by atoms with Crippen molar-refractivity contribution in [2.45, 2.75) is 17.4 Å². The molecule has 0 N–H and O–H groups in total. The summed E-state index contributed by atoms with van der Waals surface area (Å²) in [5, 5.41) is 0. The highest BCUT2D eigenvalue weighted by molar-refractivity contribution is 7.99. The first-order chi connectivity index (χ1) is 9.06. The van der Waals surface area contributed by atoms with E-state index in [1.165, 1.54) is 20.3 Å². The summed E-state index contributed by atoms with van der Waals surface area (Å²) in [7, 11) is -0.936.